The predicted molar refractivity (Wildman–Crippen MR) is 106 cm³/mol. The largest absolute Gasteiger partial charge is 0.452 e. The van der Waals surface area contributed by atoms with Crippen molar-refractivity contribution in [2.45, 2.75) is 52.7 Å². The van der Waals surface area contributed by atoms with E-state index in [4.69, 9.17) is 4.74 Å². The zero-order chi connectivity index (χ0) is 19.4. The Morgan fingerprint density at radius 1 is 1.19 bits per heavy atom. The summed E-state index contributed by atoms with van der Waals surface area (Å²) in [5, 5.41) is 4.54. The second kappa shape index (κ2) is 8.81. The minimum absolute atomic E-state index is 0.0989. The Morgan fingerprint density at radius 2 is 1.88 bits per heavy atom. The molecule has 0 radical (unpaired) electrons. The summed E-state index contributed by atoms with van der Waals surface area (Å²) < 4.78 is 5.23. The Labute approximate surface area is 162 Å². The van der Waals surface area contributed by atoms with Gasteiger partial charge in [0, 0.05) is 16.8 Å². The van der Waals surface area contributed by atoms with Crippen LogP contribution in [0.5, 0.6) is 0 Å². The van der Waals surface area contributed by atoms with Crippen molar-refractivity contribution in [3.8, 4) is 0 Å². The number of hydrogen-bond donors (Lipinski definition) is 1. The quantitative estimate of drug-likeness (QED) is 0.440. The van der Waals surface area contributed by atoms with Gasteiger partial charge in [-0.15, -0.1) is 11.3 Å². The van der Waals surface area contributed by atoms with Crippen LogP contribution in [-0.2, 0) is 14.3 Å². The minimum atomic E-state index is -0.806. The first-order chi connectivity index (χ1) is 12.2. The molecular formula is C18H25N3O3S2. The van der Waals surface area contributed by atoms with E-state index in [1.807, 2.05) is 27.7 Å². The van der Waals surface area contributed by atoms with Gasteiger partial charge >= 0.3 is 5.97 Å². The van der Waals surface area contributed by atoms with Gasteiger partial charge in [0.1, 0.15) is 15.7 Å². The van der Waals surface area contributed by atoms with Gasteiger partial charge in [-0.05, 0) is 39.2 Å². The highest BCUT2D eigenvalue weighted by atomic mass is 32.2. The molecule has 1 amide bonds. The lowest BCUT2D eigenvalue weighted by Crippen LogP contribution is -2.37. The molecule has 0 spiro atoms. The van der Waals surface area contributed by atoms with Gasteiger partial charge in [0.2, 0.25) is 0 Å². The molecule has 0 unspecified atom stereocenters. The summed E-state index contributed by atoms with van der Waals surface area (Å²) in [6.07, 6.45) is -0.806. The molecule has 6 nitrogen and oxygen atoms in total. The van der Waals surface area contributed by atoms with Crippen molar-refractivity contribution in [1.82, 2.24) is 15.3 Å². The van der Waals surface area contributed by atoms with Crippen molar-refractivity contribution in [3.63, 3.8) is 0 Å². The van der Waals surface area contributed by atoms with Gasteiger partial charge in [-0.3, -0.25) is 9.59 Å². The van der Waals surface area contributed by atoms with Crippen molar-refractivity contribution >= 4 is 45.2 Å². The molecule has 1 atom stereocenters. The number of nitrogens with one attached hydrogen (secondary N) is 1. The molecule has 0 aliphatic heterocycles. The number of nitrogens with zero attached hydrogens (tertiary/aromatic N) is 2. The lowest BCUT2D eigenvalue weighted by atomic mass is 10.2. The van der Waals surface area contributed by atoms with Crippen molar-refractivity contribution in [2.24, 2.45) is 5.92 Å². The number of thiophene rings is 1. The summed E-state index contributed by atoms with van der Waals surface area (Å²) >= 11 is 2.95. The van der Waals surface area contributed by atoms with E-state index in [-0.39, 0.29) is 11.7 Å². The molecule has 0 aromatic carbocycles. The summed E-state index contributed by atoms with van der Waals surface area (Å²) in [7, 11) is 0. The predicted octanol–water partition coefficient (Wildman–Crippen LogP) is 3.41. The second-order valence-corrected chi connectivity index (χ2v) is 8.77. The van der Waals surface area contributed by atoms with Crippen molar-refractivity contribution in [2.75, 3.05) is 12.3 Å². The highest BCUT2D eigenvalue weighted by Crippen LogP contribution is 2.35. The number of esters is 1. The molecule has 0 aliphatic rings. The summed E-state index contributed by atoms with van der Waals surface area (Å²) in [5.41, 5.74) is 1.14. The molecule has 2 aromatic rings. The Kier molecular flexibility index (Phi) is 7.00. The average molecular weight is 396 g/mol. The molecular weight excluding hydrogens is 370 g/mol. The molecule has 0 aliphatic carbocycles. The van der Waals surface area contributed by atoms with Crippen LogP contribution in [0, 0.1) is 26.7 Å². The number of ether oxygens (including phenoxy) is 1. The fourth-order valence-corrected chi connectivity index (χ4v) is 4.33. The molecule has 1 N–H and O–H groups in total. The van der Waals surface area contributed by atoms with E-state index in [0.29, 0.717) is 18.3 Å². The van der Waals surface area contributed by atoms with Crippen LogP contribution in [0.2, 0.25) is 0 Å². The van der Waals surface area contributed by atoms with Gasteiger partial charge in [0.25, 0.3) is 5.91 Å². The number of carbonyl (C=O) groups is 2. The van der Waals surface area contributed by atoms with Crippen LogP contribution in [0.1, 0.15) is 37.0 Å². The molecule has 8 heteroatoms. The van der Waals surface area contributed by atoms with E-state index in [9.17, 15) is 9.59 Å². The maximum atomic E-state index is 12.1. The van der Waals surface area contributed by atoms with E-state index in [1.165, 1.54) is 16.6 Å². The lowest BCUT2D eigenvalue weighted by molar-refractivity contribution is -0.152. The molecule has 2 rings (SSSR count). The van der Waals surface area contributed by atoms with Crippen molar-refractivity contribution < 1.29 is 14.3 Å². The number of carbonyl (C=O) groups excluding carboxylic acids is 2. The summed E-state index contributed by atoms with van der Waals surface area (Å²) in [5.74, 6) is 0.411. The molecule has 0 saturated carbocycles. The first kappa shape index (κ1) is 20.6. The Hall–Kier alpha value is -1.67. The normalized spacial score (nSPS) is 12.4. The molecule has 26 heavy (non-hydrogen) atoms. The molecule has 0 fully saturated rings. The third kappa shape index (κ3) is 5.17. The van der Waals surface area contributed by atoms with Gasteiger partial charge < -0.3 is 10.1 Å². The third-order valence-corrected chi connectivity index (χ3v) is 5.85. The summed E-state index contributed by atoms with van der Waals surface area (Å²) in [4.78, 5) is 35.1. The minimum Gasteiger partial charge on any atom is -0.452 e. The summed E-state index contributed by atoms with van der Waals surface area (Å²) in [6.45, 7) is 12.1. The number of hydrogen-bond acceptors (Lipinski definition) is 7. The number of thioether (sulfide) groups is 1. The Morgan fingerprint density at radius 3 is 2.54 bits per heavy atom. The number of amides is 1. The Balaban J connectivity index is 1.99. The Bertz CT molecular complexity index is 818. The van der Waals surface area contributed by atoms with Crippen LogP contribution in [0.25, 0.3) is 10.2 Å². The SMILES string of the molecule is Cc1nc(SCC(=O)O[C@@H](C)C(=O)NCC(C)C)c2c(C)c(C)sc2n1. The van der Waals surface area contributed by atoms with E-state index < -0.39 is 12.1 Å². The zero-order valence-corrected chi connectivity index (χ0v) is 17.6. The van der Waals surface area contributed by atoms with Crippen molar-refractivity contribution in [3.05, 3.63) is 16.3 Å². The maximum Gasteiger partial charge on any atom is 0.317 e. The van der Waals surface area contributed by atoms with E-state index in [2.05, 4.69) is 22.2 Å². The van der Waals surface area contributed by atoms with Crippen LogP contribution in [0.3, 0.4) is 0 Å². The van der Waals surface area contributed by atoms with Crippen LogP contribution >= 0.6 is 23.1 Å². The van der Waals surface area contributed by atoms with Crippen LogP contribution in [0.15, 0.2) is 5.03 Å². The van der Waals surface area contributed by atoms with E-state index in [1.54, 1.807) is 18.3 Å². The smallest absolute Gasteiger partial charge is 0.317 e. The zero-order valence-electron chi connectivity index (χ0n) is 16.0. The molecule has 0 bridgehead atoms. The number of rotatable bonds is 7. The maximum absolute atomic E-state index is 12.1. The third-order valence-electron chi connectivity index (χ3n) is 3.80. The standard InChI is InChI=1S/C18H25N3O3S2/c1-9(2)7-19-16(23)11(4)24-14(22)8-25-17-15-10(3)12(5)26-18(15)21-13(6)20-17/h9,11H,7-8H2,1-6H3,(H,19,23)/t11-/m0/s1. The van der Waals surface area contributed by atoms with Gasteiger partial charge in [0.05, 0.1) is 5.75 Å². The van der Waals surface area contributed by atoms with Crippen molar-refractivity contribution in [1.29, 1.82) is 0 Å². The molecule has 0 saturated heterocycles. The fourth-order valence-electron chi connectivity index (χ4n) is 2.28. The average Bonchev–Trinajstić information content (AvgIpc) is 2.84. The van der Waals surface area contributed by atoms with E-state index >= 15 is 0 Å². The van der Waals surface area contributed by atoms with Gasteiger partial charge in [-0.1, -0.05) is 25.6 Å². The number of aryl methyl sites for hydroxylation is 3. The second-order valence-electron chi connectivity index (χ2n) is 6.60. The topological polar surface area (TPSA) is 81.2 Å². The van der Waals surface area contributed by atoms with Gasteiger partial charge in [-0.25, -0.2) is 9.97 Å². The monoisotopic (exact) mass is 395 g/mol. The van der Waals surface area contributed by atoms with Gasteiger partial charge in [0.15, 0.2) is 6.10 Å². The highest BCUT2D eigenvalue weighted by Gasteiger charge is 2.19. The molecule has 2 heterocycles. The number of fused-ring (bicyclic) bond motifs is 1. The van der Waals surface area contributed by atoms with Crippen LogP contribution in [0.4, 0.5) is 0 Å². The van der Waals surface area contributed by atoms with Crippen LogP contribution in [-0.4, -0.2) is 40.2 Å². The number of aromatic nitrogens is 2. The first-order valence-corrected chi connectivity index (χ1v) is 10.3. The lowest BCUT2D eigenvalue weighted by Gasteiger charge is -2.14. The first-order valence-electron chi connectivity index (χ1n) is 8.53. The van der Waals surface area contributed by atoms with Crippen LogP contribution < -0.4 is 5.32 Å². The molecule has 2 aromatic heterocycles. The van der Waals surface area contributed by atoms with E-state index in [0.717, 1.165) is 20.8 Å². The van der Waals surface area contributed by atoms with Gasteiger partial charge in [-0.2, -0.15) is 0 Å². The highest BCUT2D eigenvalue weighted by molar-refractivity contribution is 8.00. The fraction of sp³-hybridized carbons (Fsp3) is 0.556. The molecule has 142 valence electrons. The summed E-state index contributed by atoms with van der Waals surface area (Å²) in [6, 6.07) is 0.